The Bertz CT molecular complexity index is 529. The van der Waals surface area contributed by atoms with Crippen molar-refractivity contribution in [2.24, 2.45) is 0 Å². The zero-order chi connectivity index (χ0) is 14.0. The Balaban J connectivity index is 1.90. The van der Waals surface area contributed by atoms with Gasteiger partial charge in [-0.25, -0.2) is 0 Å². The lowest BCUT2D eigenvalue weighted by atomic mass is 10.2. The topological polar surface area (TPSA) is 101 Å². The molecule has 1 atom stereocenters. The van der Waals surface area contributed by atoms with E-state index < -0.39 is 16.4 Å². The summed E-state index contributed by atoms with van der Waals surface area (Å²) in [6, 6.07) is 0. The van der Waals surface area contributed by atoms with Crippen molar-refractivity contribution in [3.05, 3.63) is 5.01 Å². The molecule has 1 aliphatic heterocycles. The highest BCUT2D eigenvalue weighted by Crippen LogP contribution is 2.24. The summed E-state index contributed by atoms with van der Waals surface area (Å²) >= 11 is 2.13. The molecule has 3 amide bonds. The van der Waals surface area contributed by atoms with Gasteiger partial charge >= 0.3 is 0 Å². The van der Waals surface area contributed by atoms with Crippen molar-refractivity contribution in [1.82, 2.24) is 15.5 Å². The first-order valence-electron chi connectivity index (χ1n) is 5.60. The van der Waals surface area contributed by atoms with Crippen molar-refractivity contribution >= 4 is 45.3 Å². The highest BCUT2D eigenvalue weighted by atomic mass is 32.2. The molecule has 7 nitrogen and oxygen atoms in total. The van der Waals surface area contributed by atoms with Crippen LogP contribution in [0.15, 0.2) is 0 Å². The molecule has 9 heteroatoms. The molecule has 0 aliphatic carbocycles. The number of aromatic nitrogens is 2. The van der Waals surface area contributed by atoms with E-state index in [2.05, 4.69) is 20.8 Å². The second-order valence-electron chi connectivity index (χ2n) is 4.24. The van der Waals surface area contributed by atoms with E-state index in [1.54, 1.807) is 0 Å². The molecule has 2 heterocycles. The Hall–Kier alpha value is -1.48. The van der Waals surface area contributed by atoms with Gasteiger partial charge < -0.3 is 5.32 Å². The van der Waals surface area contributed by atoms with E-state index in [0.29, 0.717) is 5.13 Å². The summed E-state index contributed by atoms with van der Waals surface area (Å²) in [6.07, 6.45) is -0.0567. The number of carbonyl (C=O) groups excluding carboxylic acids is 3. The summed E-state index contributed by atoms with van der Waals surface area (Å²) in [4.78, 5) is 34.0. The molecule has 1 aliphatic rings. The maximum absolute atomic E-state index is 11.7. The van der Waals surface area contributed by atoms with Crippen LogP contribution >= 0.6 is 23.1 Å². The number of nitrogens with zero attached hydrogens (tertiary/aromatic N) is 2. The monoisotopic (exact) mass is 300 g/mol. The number of hydrogen-bond donors (Lipinski definition) is 2. The van der Waals surface area contributed by atoms with Gasteiger partial charge in [-0.05, 0) is 0 Å². The molecule has 102 valence electrons. The molecule has 1 saturated heterocycles. The predicted octanol–water partition coefficient (Wildman–Crippen LogP) is 1.34. The van der Waals surface area contributed by atoms with Crippen molar-refractivity contribution in [2.75, 3.05) is 5.32 Å². The van der Waals surface area contributed by atoms with Gasteiger partial charge in [0.1, 0.15) is 10.3 Å². The molecule has 1 aromatic heterocycles. The fraction of sp³-hybridized carbons (Fsp3) is 0.500. The lowest BCUT2D eigenvalue weighted by Crippen LogP contribution is -2.27. The molecule has 0 bridgehead atoms. The number of hydrogen-bond acceptors (Lipinski definition) is 7. The van der Waals surface area contributed by atoms with Crippen molar-refractivity contribution in [2.45, 2.75) is 31.4 Å². The average molecular weight is 300 g/mol. The molecule has 1 aromatic rings. The molecular weight excluding hydrogens is 288 g/mol. The van der Waals surface area contributed by atoms with E-state index in [-0.39, 0.29) is 18.2 Å². The number of rotatable bonds is 4. The summed E-state index contributed by atoms with van der Waals surface area (Å²) in [6.45, 7) is 3.97. The third-order valence-electron chi connectivity index (χ3n) is 2.32. The second-order valence-corrected chi connectivity index (χ2v) is 6.42. The minimum absolute atomic E-state index is 0.0567. The Labute approximate surface area is 117 Å². The van der Waals surface area contributed by atoms with E-state index in [0.717, 1.165) is 16.8 Å². The summed E-state index contributed by atoms with van der Waals surface area (Å²) in [5.74, 6) is -0.531. The Morgan fingerprint density at radius 1 is 1.42 bits per heavy atom. The van der Waals surface area contributed by atoms with Crippen LogP contribution in [0.2, 0.25) is 0 Å². The largest absolute Gasteiger partial charge is 0.300 e. The smallest absolute Gasteiger partial charge is 0.286 e. The van der Waals surface area contributed by atoms with Crippen LogP contribution in [0.1, 0.15) is 31.2 Å². The molecule has 19 heavy (non-hydrogen) atoms. The van der Waals surface area contributed by atoms with Gasteiger partial charge in [-0.3, -0.25) is 19.7 Å². The fourth-order valence-corrected chi connectivity index (χ4v) is 2.97. The molecule has 0 saturated carbocycles. The van der Waals surface area contributed by atoms with Gasteiger partial charge in [0.15, 0.2) is 0 Å². The zero-order valence-corrected chi connectivity index (χ0v) is 11.9. The minimum Gasteiger partial charge on any atom is -0.300 e. The van der Waals surface area contributed by atoms with Gasteiger partial charge in [-0.1, -0.05) is 36.9 Å². The molecule has 0 aromatic carbocycles. The maximum atomic E-state index is 11.7. The third kappa shape index (κ3) is 3.51. The summed E-state index contributed by atoms with van der Waals surface area (Å²) in [7, 11) is 0. The molecule has 0 spiro atoms. The average Bonchev–Trinajstić information content (AvgIpc) is 2.87. The van der Waals surface area contributed by atoms with Crippen LogP contribution in [0.4, 0.5) is 9.93 Å². The van der Waals surface area contributed by atoms with Crippen molar-refractivity contribution in [3.63, 3.8) is 0 Å². The predicted molar refractivity (Wildman–Crippen MR) is 72.2 cm³/mol. The van der Waals surface area contributed by atoms with Gasteiger partial charge in [0.05, 0.1) is 0 Å². The van der Waals surface area contributed by atoms with Crippen LogP contribution in [0.3, 0.4) is 0 Å². The quantitative estimate of drug-likeness (QED) is 0.870. The zero-order valence-electron chi connectivity index (χ0n) is 10.3. The molecule has 2 rings (SSSR count). The van der Waals surface area contributed by atoms with Crippen molar-refractivity contribution in [1.29, 1.82) is 0 Å². The Morgan fingerprint density at radius 3 is 2.68 bits per heavy atom. The first-order valence-corrected chi connectivity index (χ1v) is 7.30. The van der Waals surface area contributed by atoms with Crippen molar-refractivity contribution in [3.8, 4) is 0 Å². The number of imide groups is 1. The molecule has 0 unspecified atom stereocenters. The van der Waals surface area contributed by atoms with E-state index >= 15 is 0 Å². The van der Waals surface area contributed by atoms with Gasteiger partial charge in [0.25, 0.3) is 5.24 Å². The van der Waals surface area contributed by atoms with Crippen LogP contribution in [-0.4, -0.2) is 32.5 Å². The third-order valence-corrected chi connectivity index (χ3v) is 4.44. The van der Waals surface area contributed by atoms with Crippen LogP contribution in [-0.2, 0) is 9.59 Å². The first-order chi connectivity index (χ1) is 8.95. The summed E-state index contributed by atoms with van der Waals surface area (Å²) < 4.78 is 0. The van der Waals surface area contributed by atoms with E-state index in [9.17, 15) is 14.4 Å². The Kier molecular flexibility index (Phi) is 4.15. The van der Waals surface area contributed by atoms with E-state index in [1.165, 1.54) is 11.3 Å². The number of amides is 3. The van der Waals surface area contributed by atoms with Crippen LogP contribution in [0.5, 0.6) is 0 Å². The van der Waals surface area contributed by atoms with Gasteiger partial charge in [-0.2, -0.15) is 0 Å². The molecule has 1 fully saturated rings. The lowest BCUT2D eigenvalue weighted by molar-refractivity contribution is -0.122. The first kappa shape index (κ1) is 13.9. The number of thioether (sulfide) groups is 1. The van der Waals surface area contributed by atoms with Gasteiger partial charge in [0, 0.05) is 12.3 Å². The maximum Gasteiger partial charge on any atom is 0.286 e. The minimum atomic E-state index is -0.662. The second kappa shape index (κ2) is 5.66. The summed E-state index contributed by atoms with van der Waals surface area (Å²) in [5, 5.41) is 12.7. The number of anilines is 1. The number of nitrogens with one attached hydrogen (secondary N) is 2. The van der Waals surface area contributed by atoms with Crippen LogP contribution in [0, 0.1) is 0 Å². The van der Waals surface area contributed by atoms with Crippen LogP contribution in [0.25, 0.3) is 0 Å². The molecule has 2 N–H and O–H groups in total. The van der Waals surface area contributed by atoms with Gasteiger partial charge in [-0.15, -0.1) is 10.2 Å². The Morgan fingerprint density at radius 2 is 2.16 bits per heavy atom. The number of carbonyl (C=O) groups is 3. The molecular formula is C10H12N4O3S2. The van der Waals surface area contributed by atoms with Crippen LogP contribution < -0.4 is 10.6 Å². The summed E-state index contributed by atoms with van der Waals surface area (Å²) in [5.41, 5.74) is 0. The molecule has 0 radical (unpaired) electrons. The van der Waals surface area contributed by atoms with E-state index in [1.807, 2.05) is 13.8 Å². The highest BCUT2D eigenvalue weighted by Gasteiger charge is 2.33. The normalized spacial score (nSPS) is 18.8. The highest BCUT2D eigenvalue weighted by molar-refractivity contribution is 8.15. The standard InChI is InChI=1S/C10H12N4O3S2/c1-4(2)8-13-14-9(19-8)11-6(15)3-5-7(16)12-10(17)18-5/h4-5H,3H2,1-2H3,(H,11,14,15)(H,12,16,17)/t5-/m1/s1. The van der Waals surface area contributed by atoms with E-state index in [4.69, 9.17) is 0 Å². The fourth-order valence-electron chi connectivity index (χ4n) is 1.38. The SMILES string of the molecule is CC(C)c1nnc(NC(=O)C[C@H]2SC(=O)NC2=O)s1. The van der Waals surface area contributed by atoms with Gasteiger partial charge in [0.2, 0.25) is 16.9 Å². The van der Waals surface area contributed by atoms with Crippen molar-refractivity contribution < 1.29 is 14.4 Å². The lowest BCUT2D eigenvalue weighted by Gasteiger charge is -2.03.